The molecule has 5 rings (SSSR count). The van der Waals surface area contributed by atoms with Gasteiger partial charge in [-0.15, -0.1) is 0 Å². The van der Waals surface area contributed by atoms with Crippen molar-refractivity contribution in [2.45, 2.75) is 44.4 Å². The first-order valence-corrected chi connectivity index (χ1v) is 12.6. The van der Waals surface area contributed by atoms with E-state index in [1.165, 1.54) is 31.0 Å². The van der Waals surface area contributed by atoms with E-state index in [1.54, 1.807) is 24.3 Å². The molecule has 1 fully saturated rings. The normalized spacial score (nSPS) is 14.5. The topological polar surface area (TPSA) is 124 Å². The van der Waals surface area contributed by atoms with Crippen molar-refractivity contribution in [2.75, 3.05) is 6.61 Å². The quantitative estimate of drug-likeness (QED) is 0.205. The van der Waals surface area contributed by atoms with Crippen molar-refractivity contribution in [3.8, 4) is 16.9 Å². The molecule has 190 valence electrons. The van der Waals surface area contributed by atoms with Crippen molar-refractivity contribution in [2.24, 2.45) is 0 Å². The van der Waals surface area contributed by atoms with Gasteiger partial charge >= 0.3 is 5.97 Å². The number of aliphatic hydroxyl groups is 1. The summed E-state index contributed by atoms with van der Waals surface area (Å²) in [4.78, 5) is 28.6. The van der Waals surface area contributed by atoms with Gasteiger partial charge in [0.2, 0.25) is 17.3 Å². The molecular formula is C30H29NO6. The number of aliphatic hydroxyl groups excluding tert-OH is 1. The summed E-state index contributed by atoms with van der Waals surface area (Å²) in [5.41, 5.74) is 3.47. The monoisotopic (exact) mass is 499 g/mol. The highest BCUT2D eigenvalue weighted by atomic mass is 16.4. The second kappa shape index (κ2) is 10.5. The number of furan rings is 1. The zero-order valence-electron chi connectivity index (χ0n) is 20.4. The summed E-state index contributed by atoms with van der Waals surface area (Å²) in [5.74, 6) is -2.86. The average Bonchev–Trinajstić information content (AvgIpc) is 3.51. The molecule has 0 atom stereocenters. The number of benzene rings is 2. The Bertz CT molecular complexity index is 1470. The van der Waals surface area contributed by atoms with Crippen molar-refractivity contribution in [3.05, 3.63) is 82.9 Å². The van der Waals surface area contributed by atoms with Crippen LogP contribution in [0.25, 0.3) is 28.1 Å². The minimum atomic E-state index is -1.36. The molecule has 37 heavy (non-hydrogen) atoms. The van der Waals surface area contributed by atoms with E-state index >= 15 is 0 Å². The summed E-state index contributed by atoms with van der Waals surface area (Å²) in [6.07, 6.45) is 11.7. The highest BCUT2D eigenvalue weighted by Gasteiger charge is 2.31. The van der Waals surface area contributed by atoms with Crippen LogP contribution in [0.1, 0.15) is 82.2 Å². The molecule has 0 saturated heterocycles. The van der Waals surface area contributed by atoms with Gasteiger partial charge in [0.1, 0.15) is 0 Å². The van der Waals surface area contributed by atoms with Crippen LogP contribution in [0, 0.1) is 0 Å². The van der Waals surface area contributed by atoms with Crippen LogP contribution < -0.4 is 0 Å². The Labute approximate surface area is 214 Å². The Balaban J connectivity index is 1.51. The lowest BCUT2D eigenvalue weighted by molar-refractivity contribution is 0.0661. The number of nitrogens with one attached hydrogen (secondary N) is 1. The largest absolute Gasteiger partial charge is 0.504 e. The molecular weight excluding hydrogens is 470 g/mol. The third-order valence-electron chi connectivity index (χ3n) is 7.14. The van der Waals surface area contributed by atoms with Gasteiger partial charge in [0.25, 0.3) is 0 Å². The number of aromatic nitrogens is 1. The lowest BCUT2D eigenvalue weighted by atomic mass is 9.83. The number of carbonyl (C=O) groups is 2. The Kier molecular flexibility index (Phi) is 6.97. The molecule has 0 radical (unpaired) electrons. The van der Waals surface area contributed by atoms with Crippen LogP contribution in [0.15, 0.2) is 59.2 Å². The standard InChI is InChI=1S/C30H29NO6/c32-16-5-4-9-21-10-6-11-22-23(17-31-25(21)22)26(33)29-27(34)24(28(37-29)30(35)36)20-14-12-19(13-15-20)18-7-2-1-3-8-18/h4,6,9-15,17-18,31-32,34H,1-3,5,7-8,16H2,(H,35,36)/b9-4+. The van der Waals surface area contributed by atoms with E-state index in [2.05, 4.69) is 4.98 Å². The molecule has 0 unspecified atom stereocenters. The number of hydrogen-bond donors (Lipinski definition) is 4. The zero-order chi connectivity index (χ0) is 25.9. The van der Waals surface area contributed by atoms with Crippen LogP contribution in [-0.2, 0) is 0 Å². The molecule has 7 nitrogen and oxygen atoms in total. The number of aromatic amines is 1. The molecule has 1 aliphatic carbocycles. The molecule has 7 heteroatoms. The highest BCUT2D eigenvalue weighted by Crippen LogP contribution is 2.41. The molecule has 4 N–H and O–H groups in total. The second-order valence-electron chi connectivity index (χ2n) is 9.46. The SMILES string of the molecule is O=C(O)c1oc(C(=O)c2c[nH]c3c(/C=C/CCO)cccc23)c(O)c1-c1ccc(C2CCCCC2)cc1. The fraction of sp³-hybridized carbons (Fsp3) is 0.267. The molecule has 0 bridgehead atoms. The lowest BCUT2D eigenvalue weighted by Gasteiger charge is -2.22. The molecule has 2 aromatic heterocycles. The fourth-order valence-electron chi connectivity index (χ4n) is 5.26. The number of rotatable bonds is 8. The third-order valence-corrected chi connectivity index (χ3v) is 7.14. The van der Waals surface area contributed by atoms with Gasteiger partial charge in [0, 0.05) is 18.2 Å². The highest BCUT2D eigenvalue weighted by molar-refractivity contribution is 6.18. The van der Waals surface area contributed by atoms with Crippen molar-refractivity contribution in [3.63, 3.8) is 0 Å². The maximum atomic E-state index is 13.5. The van der Waals surface area contributed by atoms with Gasteiger partial charge in [0.15, 0.2) is 5.75 Å². The third kappa shape index (κ3) is 4.70. The van der Waals surface area contributed by atoms with Crippen LogP contribution in [-0.4, -0.2) is 38.7 Å². The summed E-state index contributed by atoms with van der Waals surface area (Å²) in [6, 6.07) is 13.0. The molecule has 1 aliphatic rings. The molecule has 0 spiro atoms. The van der Waals surface area contributed by atoms with E-state index in [-0.39, 0.29) is 17.7 Å². The number of carboxylic acid groups (broad SMARTS) is 1. The van der Waals surface area contributed by atoms with Gasteiger partial charge in [-0.3, -0.25) is 4.79 Å². The van der Waals surface area contributed by atoms with Crippen LogP contribution in [0.2, 0.25) is 0 Å². The molecule has 2 heterocycles. The minimum absolute atomic E-state index is 0.00138. The summed E-state index contributed by atoms with van der Waals surface area (Å²) < 4.78 is 5.50. The molecule has 0 amide bonds. The average molecular weight is 500 g/mol. The zero-order valence-corrected chi connectivity index (χ0v) is 20.4. The molecule has 2 aromatic carbocycles. The number of carbonyl (C=O) groups excluding carboxylic acids is 1. The first-order chi connectivity index (χ1) is 18.0. The van der Waals surface area contributed by atoms with Gasteiger partial charge < -0.3 is 24.7 Å². The molecule has 4 aromatic rings. The van der Waals surface area contributed by atoms with E-state index in [0.717, 1.165) is 18.4 Å². The summed E-state index contributed by atoms with van der Waals surface area (Å²) in [6.45, 7) is 0.0380. The first kappa shape index (κ1) is 24.6. The van der Waals surface area contributed by atoms with Gasteiger partial charge in [0.05, 0.1) is 16.6 Å². The smallest absolute Gasteiger partial charge is 0.372 e. The second-order valence-corrected chi connectivity index (χ2v) is 9.46. The number of para-hydroxylation sites is 1. The number of fused-ring (bicyclic) bond motifs is 1. The summed E-state index contributed by atoms with van der Waals surface area (Å²) in [5, 5.41) is 30.5. The number of H-pyrrole nitrogens is 1. The maximum Gasteiger partial charge on any atom is 0.372 e. The number of ketones is 1. The Morgan fingerprint density at radius 1 is 1.03 bits per heavy atom. The minimum Gasteiger partial charge on any atom is -0.504 e. The molecule has 0 aliphatic heterocycles. The number of aromatic carboxylic acids is 1. The van der Waals surface area contributed by atoms with Crippen LogP contribution in [0.3, 0.4) is 0 Å². The van der Waals surface area contributed by atoms with Crippen molar-refractivity contribution in [1.82, 2.24) is 4.98 Å². The summed E-state index contributed by atoms with van der Waals surface area (Å²) >= 11 is 0. The first-order valence-electron chi connectivity index (χ1n) is 12.6. The molecule has 1 saturated carbocycles. The van der Waals surface area contributed by atoms with Crippen LogP contribution >= 0.6 is 0 Å². The Morgan fingerprint density at radius 2 is 1.78 bits per heavy atom. The van der Waals surface area contributed by atoms with E-state index in [1.807, 2.05) is 30.4 Å². The van der Waals surface area contributed by atoms with Crippen LogP contribution in [0.5, 0.6) is 5.75 Å². The van der Waals surface area contributed by atoms with Crippen molar-refractivity contribution in [1.29, 1.82) is 0 Å². The number of carboxylic acids is 1. The van der Waals surface area contributed by atoms with E-state index in [4.69, 9.17) is 9.52 Å². The van der Waals surface area contributed by atoms with Gasteiger partial charge in [-0.1, -0.05) is 73.9 Å². The Morgan fingerprint density at radius 3 is 2.49 bits per heavy atom. The van der Waals surface area contributed by atoms with Gasteiger partial charge in [-0.2, -0.15) is 0 Å². The predicted octanol–water partition coefficient (Wildman–Crippen LogP) is 6.51. The van der Waals surface area contributed by atoms with Gasteiger partial charge in [-0.25, -0.2) is 4.79 Å². The van der Waals surface area contributed by atoms with Crippen molar-refractivity contribution < 1.29 is 29.3 Å². The predicted molar refractivity (Wildman–Crippen MR) is 141 cm³/mol. The number of hydrogen-bond acceptors (Lipinski definition) is 5. The van der Waals surface area contributed by atoms with E-state index in [0.29, 0.717) is 28.8 Å². The van der Waals surface area contributed by atoms with E-state index in [9.17, 15) is 19.8 Å². The Hall–Kier alpha value is -4.10. The maximum absolute atomic E-state index is 13.5. The number of aromatic hydroxyl groups is 1. The lowest BCUT2D eigenvalue weighted by Crippen LogP contribution is -2.04. The van der Waals surface area contributed by atoms with Crippen LogP contribution in [0.4, 0.5) is 0 Å². The van der Waals surface area contributed by atoms with Gasteiger partial charge in [-0.05, 0) is 41.9 Å². The fourth-order valence-corrected chi connectivity index (χ4v) is 5.26. The van der Waals surface area contributed by atoms with Crippen molar-refractivity contribution >= 4 is 28.7 Å². The summed E-state index contributed by atoms with van der Waals surface area (Å²) in [7, 11) is 0. The van der Waals surface area contributed by atoms with E-state index < -0.39 is 29.0 Å².